The number of halogens is 3. The highest BCUT2D eigenvalue weighted by molar-refractivity contribution is 6.30. The molecule has 0 aromatic heterocycles. The van der Waals surface area contributed by atoms with E-state index in [1.54, 1.807) is 0 Å². The third-order valence-corrected chi connectivity index (χ3v) is 0. The van der Waals surface area contributed by atoms with Crippen molar-refractivity contribution in [2.45, 2.75) is 6.30 Å². The summed E-state index contributed by atoms with van der Waals surface area (Å²) < 4.78 is 30.4. The van der Waals surface area contributed by atoms with Gasteiger partial charge in [0.1, 0.15) is 0 Å². The molecule has 5 N–H and O–H groups in total. The van der Waals surface area contributed by atoms with E-state index in [1.165, 1.54) is 0 Å². The summed E-state index contributed by atoms with van der Waals surface area (Å²) in [5.74, 6) is 0. The van der Waals surface area contributed by atoms with Gasteiger partial charge in [0.25, 0.3) is 0 Å². The van der Waals surface area contributed by atoms with Crippen LogP contribution in [0.3, 0.4) is 0 Å². The molecule has 0 aromatic rings. The highest BCUT2D eigenvalue weighted by Gasteiger charge is 2.16. The molecule has 0 saturated carbocycles. The number of alkyl halides is 3. The Balaban J connectivity index is 0. The maximum absolute atomic E-state index is 10.1. The van der Waals surface area contributed by atoms with Gasteiger partial charge in [-0.05, 0) is 0 Å². The van der Waals surface area contributed by atoms with Gasteiger partial charge in [0.15, 0.2) is 0 Å². The quantitative estimate of drug-likeness (QED) is 0.246. The van der Waals surface area contributed by atoms with Crippen LogP contribution in [0.2, 0.25) is 0 Å². The molecule has 0 aromatic carbocycles. The molecule has 0 fully saturated rings. The first kappa shape index (κ1) is 11.5. The predicted molar refractivity (Wildman–Crippen MR) is 22.7 cm³/mol. The second kappa shape index (κ2) is 4.56. The zero-order valence-electron chi connectivity index (χ0n) is 4.13. The zero-order valence-corrected chi connectivity index (χ0v) is 4.13. The molecule has 0 unspecified atom stereocenters. The van der Waals surface area contributed by atoms with Crippen molar-refractivity contribution in [3.05, 3.63) is 0 Å². The Kier molecular flexibility index (Phi) is 5.82. The Morgan fingerprint density at radius 1 is 1.11 bits per heavy atom. The summed E-state index contributed by atoms with van der Waals surface area (Å²) in [7, 11) is -2.17. The molecule has 0 amide bonds. The molecule has 0 saturated heterocycles. The molecule has 0 aliphatic carbocycles. The summed E-state index contributed by atoms with van der Waals surface area (Å²) in [5, 5.41) is 21.5. The van der Waals surface area contributed by atoms with Gasteiger partial charge in [0, 0.05) is 0 Å². The number of rotatable bonds is 0. The van der Waals surface area contributed by atoms with Gasteiger partial charge >= 0.3 is 13.6 Å². The molecule has 8 heteroatoms. The molecule has 0 aliphatic heterocycles. The predicted octanol–water partition coefficient (Wildman–Crippen LogP) is -1.59. The Bertz CT molecular complexity index is 55.8. The fourth-order valence-corrected chi connectivity index (χ4v) is 0. The maximum atomic E-state index is 10.1. The van der Waals surface area contributed by atoms with Crippen LogP contribution < -0.4 is 5.73 Å². The van der Waals surface area contributed by atoms with Crippen LogP contribution in [0, 0.1) is 0 Å². The van der Waals surface area contributed by atoms with Crippen LogP contribution >= 0.6 is 0 Å². The van der Waals surface area contributed by atoms with Gasteiger partial charge < -0.3 is 15.1 Å². The summed E-state index contributed by atoms with van der Waals surface area (Å²) in [4.78, 5) is 0. The Morgan fingerprint density at radius 2 is 1.11 bits per heavy atom. The number of hydrogen-bond donors (Lipinski definition) is 4. The van der Waals surface area contributed by atoms with E-state index in [0.717, 1.165) is 0 Å². The van der Waals surface area contributed by atoms with E-state index in [4.69, 9.17) is 15.1 Å². The van der Waals surface area contributed by atoms with Crippen molar-refractivity contribution in [2.24, 2.45) is 5.73 Å². The van der Waals surface area contributed by atoms with Gasteiger partial charge in [-0.3, -0.25) is 0 Å². The lowest BCUT2D eigenvalue weighted by molar-refractivity contribution is -0.122. The van der Waals surface area contributed by atoms with Crippen LogP contribution in [0.1, 0.15) is 0 Å². The van der Waals surface area contributed by atoms with Crippen LogP contribution in [0.25, 0.3) is 0 Å². The van der Waals surface area contributed by atoms with Crippen LogP contribution in [-0.2, 0) is 0 Å². The van der Waals surface area contributed by atoms with Gasteiger partial charge in [-0.15, -0.1) is 0 Å². The van der Waals surface area contributed by atoms with E-state index >= 15 is 0 Å². The van der Waals surface area contributed by atoms with E-state index in [0.29, 0.717) is 0 Å². The lowest BCUT2D eigenvalue weighted by atomic mass is 10.3. The highest BCUT2D eigenvalue weighted by Crippen LogP contribution is 2.01. The topological polar surface area (TPSA) is 86.7 Å². The molecule has 0 bridgehead atoms. The van der Waals surface area contributed by atoms with Crippen LogP contribution in [-0.4, -0.2) is 28.7 Å². The maximum Gasteiger partial charge on any atom is 0.631 e. The SMILES string of the molecule is NC(F)(F)F.OB(O)O. The zero-order chi connectivity index (χ0) is 8.08. The molecule has 4 nitrogen and oxygen atoms in total. The summed E-state index contributed by atoms with van der Waals surface area (Å²) in [6.45, 7) is 0. The second-order valence-corrected chi connectivity index (χ2v) is 0.888. The molecular formula is CH5BF3NO3. The third kappa shape index (κ3) is 2680. The van der Waals surface area contributed by atoms with Crippen LogP contribution in [0.15, 0.2) is 0 Å². The Morgan fingerprint density at radius 3 is 1.11 bits per heavy atom. The molecule has 0 rings (SSSR count). The smallest absolute Gasteiger partial charge is 0.402 e. The lowest BCUT2D eigenvalue weighted by Gasteiger charge is -1.89. The summed E-state index contributed by atoms with van der Waals surface area (Å²) in [5.41, 5.74) is 3.35. The minimum Gasteiger partial charge on any atom is -0.402 e. The summed E-state index contributed by atoms with van der Waals surface area (Å²) >= 11 is 0. The Hall–Kier alpha value is -0.305. The largest absolute Gasteiger partial charge is 0.631 e. The fraction of sp³-hybridized carbons (Fsp3) is 1.00. The standard InChI is InChI=1S/CH2F3N.BH3O3/c2-1(3,4)5;2-1(3)4/h5H2;2-4H. The molecule has 0 aliphatic rings. The van der Waals surface area contributed by atoms with Crippen molar-refractivity contribution in [2.75, 3.05) is 0 Å². The first-order chi connectivity index (χ1) is 3.73. The van der Waals surface area contributed by atoms with E-state index in [9.17, 15) is 13.2 Å². The summed E-state index contributed by atoms with van der Waals surface area (Å²) in [6.07, 6.45) is -4.50. The molecule has 56 valence electrons. The van der Waals surface area contributed by atoms with Gasteiger partial charge in [-0.1, -0.05) is 0 Å². The van der Waals surface area contributed by atoms with Gasteiger partial charge in [0.2, 0.25) is 0 Å². The Labute approximate surface area is 48.9 Å². The first-order valence-electron chi connectivity index (χ1n) is 1.63. The normalized spacial score (nSPS) is 9.67. The average molecular weight is 147 g/mol. The fourth-order valence-electron chi connectivity index (χ4n) is 0. The minimum atomic E-state index is -4.50. The van der Waals surface area contributed by atoms with Crippen molar-refractivity contribution in [3.63, 3.8) is 0 Å². The lowest BCUT2D eigenvalue weighted by Crippen LogP contribution is -2.20. The van der Waals surface area contributed by atoms with E-state index in [2.05, 4.69) is 5.73 Å². The number of hydrogen-bond acceptors (Lipinski definition) is 4. The molecule has 0 heterocycles. The van der Waals surface area contributed by atoms with Gasteiger partial charge in [-0.25, -0.2) is 5.73 Å². The minimum absolute atomic E-state index is 2.17. The third-order valence-electron chi connectivity index (χ3n) is 0. The molecule has 0 atom stereocenters. The van der Waals surface area contributed by atoms with E-state index < -0.39 is 13.6 Å². The number of nitrogens with two attached hydrogens (primary N) is 1. The van der Waals surface area contributed by atoms with Crippen molar-refractivity contribution >= 4 is 7.32 Å². The van der Waals surface area contributed by atoms with Crippen molar-refractivity contribution in [3.8, 4) is 0 Å². The molecule has 0 radical (unpaired) electrons. The first-order valence-corrected chi connectivity index (χ1v) is 1.63. The van der Waals surface area contributed by atoms with Crippen LogP contribution in [0.4, 0.5) is 13.2 Å². The van der Waals surface area contributed by atoms with Crippen LogP contribution in [0.5, 0.6) is 0 Å². The monoisotopic (exact) mass is 147 g/mol. The van der Waals surface area contributed by atoms with E-state index in [1.807, 2.05) is 0 Å². The average Bonchev–Trinajstić information content (AvgIpc) is 1.19. The van der Waals surface area contributed by atoms with E-state index in [-0.39, 0.29) is 0 Å². The molecule has 0 spiro atoms. The second-order valence-electron chi connectivity index (χ2n) is 0.888. The highest BCUT2D eigenvalue weighted by atomic mass is 19.4. The molecule has 9 heavy (non-hydrogen) atoms. The summed E-state index contributed by atoms with van der Waals surface area (Å²) in [6, 6.07) is 0. The van der Waals surface area contributed by atoms with Crippen molar-refractivity contribution < 1.29 is 28.2 Å². The van der Waals surface area contributed by atoms with Gasteiger partial charge in [0.05, 0.1) is 0 Å². The van der Waals surface area contributed by atoms with Gasteiger partial charge in [-0.2, -0.15) is 13.2 Å². The van der Waals surface area contributed by atoms with Crippen molar-refractivity contribution in [1.82, 2.24) is 0 Å². The van der Waals surface area contributed by atoms with Crippen molar-refractivity contribution in [1.29, 1.82) is 0 Å². The molecular weight excluding hydrogens is 142 g/mol.